The highest BCUT2D eigenvalue weighted by Gasteiger charge is 2.51. The summed E-state index contributed by atoms with van der Waals surface area (Å²) in [6.45, 7) is 4.34. The number of carbonyl (C=O) groups is 2. The van der Waals surface area contributed by atoms with Gasteiger partial charge in [-0.1, -0.05) is 25.4 Å². The molecular formula is C17H23BClF2N3O4. The lowest BCUT2D eigenvalue weighted by Crippen LogP contribution is -2.52. The second-order valence-electron chi connectivity index (χ2n) is 7.42. The number of hydrogen-bond acceptors (Lipinski definition) is 5. The minimum absolute atomic E-state index is 0.123. The first-order valence-electron chi connectivity index (χ1n) is 8.91. The van der Waals surface area contributed by atoms with Crippen molar-refractivity contribution in [3.05, 3.63) is 28.5 Å². The SMILES string of the molecule is CC(C)Cc1nccc(C(=O)N[C@@H](C)C(=O)N2CC(F)(F)C[C@H]2B(O)O)c1Cl. The van der Waals surface area contributed by atoms with Crippen LogP contribution < -0.4 is 5.32 Å². The van der Waals surface area contributed by atoms with E-state index in [-0.39, 0.29) is 16.5 Å². The first-order chi connectivity index (χ1) is 12.9. The van der Waals surface area contributed by atoms with Crippen molar-refractivity contribution < 1.29 is 28.4 Å². The molecule has 1 aromatic heterocycles. The van der Waals surface area contributed by atoms with E-state index in [9.17, 15) is 28.4 Å². The molecule has 3 N–H and O–H groups in total. The van der Waals surface area contributed by atoms with Crippen molar-refractivity contribution in [1.82, 2.24) is 15.2 Å². The second kappa shape index (κ2) is 8.71. The van der Waals surface area contributed by atoms with Gasteiger partial charge in [0.15, 0.2) is 0 Å². The average molecular weight is 418 g/mol. The van der Waals surface area contributed by atoms with E-state index in [1.165, 1.54) is 19.2 Å². The van der Waals surface area contributed by atoms with Gasteiger partial charge in [-0.25, -0.2) is 8.78 Å². The standard InChI is InChI=1S/C17H23BClF2N3O4/c1-9(2)6-12-14(19)11(4-5-22-12)15(25)23-10(3)16(26)24-8-17(20,21)7-13(24)18(27)28/h4-5,9-10,13,27-28H,6-8H2,1-3H3,(H,23,25)/t10-,13-/m0/s1. The molecule has 1 saturated heterocycles. The molecule has 2 amide bonds. The van der Waals surface area contributed by atoms with Gasteiger partial charge in [-0.15, -0.1) is 0 Å². The third kappa shape index (κ3) is 5.18. The van der Waals surface area contributed by atoms with E-state index in [0.717, 1.165) is 0 Å². The summed E-state index contributed by atoms with van der Waals surface area (Å²) >= 11 is 6.26. The molecule has 1 aliphatic heterocycles. The van der Waals surface area contributed by atoms with Gasteiger partial charge >= 0.3 is 7.12 Å². The first-order valence-corrected chi connectivity index (χ1v) is 9.29. The van der Waals surface area contributed by atoms with E-state index in [1.54, 1.807) is 0 Å². The van der Waals surface area contributed by atoms with E-state index >= 15 is 0 Å². The summed E-state index contributed by atoms with van der Waals surface area (Å²) in [6.07, 6.45) is 1.14. The van der Waals surface area contributed by atoms with Crippen molar-refractivity contribution in [2.45, 2.75) is 51.5 Å². The quantitative estimate of drug-likeness (QED) is 0.606. The van der Waals surface area contributed by atoms with E-state index in [4.69, 9.17) is 11.6 Å². The second-order valence-corrected chi connectivity index (χ2v) is 7.80. The molecule has 0 unspecified atom stereocenters. The van der Waals surface area contributed by atoms with Crippen LogP contribution >= 0.6 is 11.6 Å². The van der Waals surface area contributed by atoms with Gasteiger partial charge < -0.3 is 20.3 Å². The minimum atomic E-state index is -3.23. The molecular weight excluding hydrogens is 394 g/mol. The van der Waals surface area contributed by atoms with Gasteiger partial charge in [0.05, 0.1) is 28.8 Å². The van der Waals surface area contributed by atoms with Crippen molar-refractivity contribution in [3.63, 3.8) is 0 Å². The van der Waals surface area contributed by atoms with Crippen molar-refractivity contribution >= 4 is 30.5 Å². The Balaban J connectivity index is 2.13. The molecule has 0 aromatic carbocycles. The van der Waals surface area contributed by atoms with Gasteiger partial charge in [0.25, 0.3) is 11.8 Å². The molecule has 0 saturated carbocycles. The fourth-order valence-corrected chi connectivity index (χ4v) is 3.41. The van der Waals surface area contributed by atoms with E-state index in [0.29, 0.717) is 17.0 Å². The maximum atomic E-state index is 13.6. The predicted molar refractivity (Wildman–Crippen MR) is 100.0 cm³/mol. The molecule has 0 aliphatic carbocycles. The Labute approximate surface area is 167 Å². The largest absolute Gasteiger partial charge is 0.475 e. The van der Waals surface area contributed by atoms with Crippen LogP contribution in [0.15, 0.2) is 12.3 Å². The fraction of sp³-hybridized carbons (Fsp3) is 0.588. The minimum Gasteiger partial charge on any atom is -0.426 e. The average Bonchev–Trinajstić information content (AvgIpc) is 2.91. The van der Waals surface area contributed by atoms with Gasteiger partial charge in [-0.05, 0) is 25.3 Å². The highest BCUT2D eigenvalue weighted by atomic mass is 35.5. The Kier molecular flexibility index (Phi) is 7.00. The molecule has 1 fully saturated rings. The molecule has 0 bridgehead atoms. The van der Waals surface area contributed by atoms with Gasteiger partial charge in [-0.3, -0.25) is 14.6 Å². The van der Waals surface area contributed by atoms with Crippen LogP contribution in [0.25, 0.3) is 0 Å². The van der Waals surface area contributed by atoms with Crippen LogP contribution in [0, 0.1) is 5.92 Å². The number of nitrogens with one attached hydrogen (secondary N) is 1. The lowest BCUT2D eigenvalue weighted by molar-refractivity contribution is -0.134. The zero-order valence-corrected chi connectivity index (χ0v) is 16.6. The number of hydrogen-bond donors (Lipinski definition) is 3. The zero-order chi connectivity index (χ0) is 21.2. The molecule has 1 aromatic rings. The van der Waals surface area contributed by atoms with Crippen LogP contribution in [0.2, 0.25) is 5.02 Å². The summed E-state index contributed by atoms with van der Waals surface area (Å²) in [5.41, 5.74) is 0.670. The monoisotopic (exact) mass is 417 g/mol. The Hall–Kier alpha value is -1.78. The molecule has 2 rings (SSSR count). The van der Waals surface area contributed by atoms with Crippen molar-refractivity contribution in [2.75, 3.05) is 6.54 Å². The normalized spacial score (nSPS) is 19.6. The summed E-state index contributed by atoms with van der Waals surface area (Å²) in [5, 5.41) is 21.2. The van der Waals surface area contributed by atoms with Crippen molar-refractivity contribution in [1.29, 1.82) is 0 Å². The smallest absolute Gasteiger partial charge is 0.426 e. The molecule has 2 atom stereocenters. The fourth-order valence-electron chi connectivity index (χ4n) is 3.13. The number of alkyl halides is 2. The van der Waals surface area contributed by atoms with Gasteiger partial charge in [0.2, 0.25) is 5.91 Å². The molecule has 1 aliphatic rings. The molecule has 2 heterocycles. The maximum absolute atomic E-state index is 13.6. The molecule has 0 radical (unpaired) electrons. The highest BCUT2D eigenvalue weighted by molar-refractivity contribution is 6.43. The lowest BCUT2D eigenvalue weighted by atomic mass is 9.77. The molecule has 154 valence electrons. The van der Waals surface area contributed by atoms with Crippen molar-refractivity contribution in [2.24, 2.45) is 5.92 Å². The summed E-state index contributed by atoms with van der Waals surface area (Å²) < 4.78 is 27.3. The summed E-state index contributed by atoms with van der Waals surface area (Å²) in [7, 11) is -2.10. The number of nitrogens with zero attached hydrogens (tertiary/aromatic N) is 2. The van der Waals surface area contributed by atoms with Gasteiger partial charge in [0, 0.05) is 12.6 Å². The van der Waals surface area contributed by atoms with Crippen LogP contribution in [0.4, 0.5) is 8.78 Å². The van der Waals surface area contributed by atoms with Crippen LogP contribution in [0.5, 0.6) is 0 Å². The van der Waals surface area contributed by atoms with Gasteiger partial charge in [-0.2, -0.15) is 0 Å². The molecule has 28 heavy (non-hydrogen) atoms. The number of likely N-dealkylation sites (tertiary alicyclic amines) is 1. The van der Waals surface area contributed by atoms with E-state index in [1.807, 2.05) is 13.8 Å². The van der Waals surface area contributed by atoms with Gasteiger partial charge in [0.1, 0.15) is 6.04 Å². The lowest BCUT2D eigenvalue weighted by Gasteiger charge is -2.26. The number of aromatic nitrogens is 1. The third-order valence-electron chi connectivity index (χ3n) is 4.46. The number of pyridine rings is 1. The van der Waals surface area contributed by atoms with Crippen LogP contribution in [0.3, 0.4) is 0 Å². The molecule has 11 heteroatoms. The van der Waals surface area contributed by atoms with E-state index in [2.05, 4.69) is 10.3 Å². The first kappa shape index (κ1) is 22.5. The number of halogens is 3. The molecule has 7 nitrogen and oxygen atoms in total. The maximum Gasteiger partial charge on any atom is 0.475 e. The highest BCUT2D eigenvalue weighted by Crippen LogP contribution is 2.33. The number of amides is 2. The topological polar surface area (TPSA) is 103 Å². The summed E-state index contributed by atoms with van der Waals surface area (Å²) in [4.78, 5) is 29.9. The number of rotatable bonds is 6. The van der Waals surface area contributed by atoms with Crippen LogP contribution in [0.1, 0.15) is 43.2 Å². The Morgan fingerprint density at radius 3 is 2.64 bits per heavy atom. The van der Waals surface area contributed by atoms with Crippen molar-refractivity contribution in [3.8, 4) is 0 Å². The van der Waals surface area contributed by atoms with Crippen LogP contribution in [-0.4, -0.2) is 63.3 Å². The van der Waals surface area contributed by atoms with E-state index < -0.39 is 49.8 Å². The predicted octanol–water partition coefficient (Wildman–Crippen LogP) is 1.30. The zero-order valence-electron chi connectivity index (χ0n) is 15.8. The number of carbonyl (C=O) groups excluding carboxylic acids is 2. The summed E-state index contributed by atoms with van der Waals surface area (Å²) in [6, 6.07) is 0.239. The summed E-state index contributed by atoms with van der Waals surface area (Å²) in [5.74, 6) is -5.89. The Bertz CT molecular complexity index is 751. The van der Waals surface area contributed by atoms with Crippen LogP contribution in [-0.2, 0) is 11.2 Å². The Morgan fingerprint density at radius 1 is 1.43 bits per heavy atom. The Morgan fingerprint density at radius 2 is 2.07 bits per heavy atom. The third-order valence-corrected chi connectivity index (χ3v) is 4.88. The molecule has 0 spiro atoms.